The summed E-state index contributed by atoms with van der Waals surface area (Å²) in [6.07, 6.45) is 6.67. The van der Waals surface area contributed by atoms with Crippen LogP contribution in [0.25, 0.3) is 0 Å². The molecular weight excluding hydrogens is 264 g/mol. The van der Waals surface area contributed by atoms with Gasteiger partial charge < -0.3 is 10.4 Å². The summed E-state index contributed by atoms with van der Waals surface area (Å²) in [5, 5.41) is 20.9. The van der Waals surface area contributed by atoms with Crippen molar-refractivity contribution in [2.45, 2.75) is 65.6 Å². The Hall–Kier alpha value is -0.940. The van der Waals surface area contributed by atoms with E-state index in [9.17, 15) is 0 Å². The molecule has 0 aromatic carbocycles. The van der Waals surface area contributed by atoms with E-state index in [2.05, 4.69) is 36.4 Å². The van der Waals surface area contributed by atoms with Crippen molar-refractivity contribution < 1.29 is 5.11 Å². The molecule has 1 aliphatic rings. The van der Waals surface area contributed by atoms with Crippen LogP contribution in [0.5, 0.6) is 0 Å². The lowest BCUT2D eigenvalue weighted by molar-refractivity contribution is 0.169. The molecule has 1 aliphatic carbocycles. The quantitative estimate of drug-likeness (QED) is 0.809. The topological polar surface area (TPSA) is 63.0 Å². The molecule has 2 rings (SSSR count). The SMILES string of the molecule is CC1CCC(C(C)C)C(NCc2cn(CCCO)nn2)C1. The largest absolute Gasteiger partial charge is 0.396 e. The van der Waals surface area contributed by atoms with Crippen LogP contribution in [0.2, 0.25) is 0 Å². The van der Waals surface area contributed by atoms with Crippen molar-refractivity contribution >= 4 is 0 Å². The van der Waals surface area contributed by atoms with Crippen molar-refractivity contribution in [3.05, 3.63) is 11.9 Å². The molecule has 21 heavy (non-hydrogen) atoms. The number of hydrogen-bond acceptors (Lipinski definition) is 4. The summed E-state index contributed by atoms with van der Waals surface area (Å²) in [5.74, 6) is 2.32. The van der Waals surface area contributed by atoms with Gasteiger partial charge in [-0.15, -0.1) is 5.10 Å². The number of aliphatic hydroxyl groups is 1. The van der Waals surface area contributed by atoms with Gasteiger partial charge in [-0.05, 0) is 37.0 Å². The first-order valence-electron chi connectivity index (χ1n) is 8.33. The maximum absolute atomic E-state index is 8.84. The molecule has 1 aromatic heterocycles. The highest BCUT2D eigenvalue weighted by Gasteiger charge is 2.30. The minimum atomic E-state index is 0.198. The molecule has 1 heterocycles. The zero-order valence-electron chi connectivity index (χ0n) is 13.6. The summed E-state index contributed by atoms with van der Waals surface area (Å²) in [6.45, 7) is 8.75. The Balaban J connectivity index is 1.86. The number of aryl methyl sites for hydroxylation is 1. The minimum Gasteiger partial charge on any atom is -0.396 e. The molecule has 0 radical (unpaired) electrons. The Labute approximate surface area is 128 Å². The molecule has 0 spiro atoms. The Morgan fingerprint density at radius 3 is 2.95 bits per heavy atom. The van der Waals surface area contributed by atoms with Gasteiger partial charge in [0.15, 0.2) is 0 Å². The number of rotatable bonds is 7. The maximum atomic E-state index is 8.84. The highest BCUT2D eigenvalue weighted by Crippen LogP contribution is 2.33. The molecular formula is C16H30N4O. The average Bonchev–Trinajstić information content (AvgIpc) is 2.90. The molecule has 0 aliphatic heterocycles. The number of nitrogens with zero attached hydrogens (tertiary/aromatic N) is 3. The molecule has 0 amide bonds. The Bertz CT molecular complexity index is 418. The zero-order chi connectivity index (χ0) is 15.2. The molecule has 1 saturated carbocycles. The second-order valence-corrected chi connectivity index (χ2v) is 6.86. The van der Waals surface area contributed by atoms with Crippen LogP contribution >= 0.6 is 0 Å². The van der Waals surface area contributed by atoms with Crippen molar-refractivity contribution in [1.82, 2.24) is 20.3 Å². The van der Waals surface area contributed by atoms with Crippen LogP contribution in [0.3, 0.4) is 0 Å². The monoisotopic (exact) mass is 294 g/mol. The molecule has 1 fully saturated rings. The van der Waals surface area contributed by atoms with Crippen LogP contribution in [0.15, 0.2) is 6.20 Å². The lowest BCUT2D eigenvalue weighted by Crippen LogP contribution is -2.42. The second kappa shape index (κ2) is 7.90. The first-order valence-corrected chi connectivity index (χ1v) is 8.33. The van der Waals surface area contributed by atoms with Gasteiger partial charge in [-0.1, -0.05) is 32.4 Å². The molecule has 2 N–H and O–H groups in total. The van der Waals surface area contributed by atoms with E-state index in [4.69, 9.17) is 5.11 Å². The highest BCUT2D eigenvalue weighted by atomic mass is 16.3. The molecule has 1 aromatic rings. The highest BCUT2D eigenvalue weighted by molar-refractivity contribution is 4.94. The van der Waals surface area contributed by atoms with E-state index in [-0.39, 0.29) is 6.61 Å². The van der Waals surface area contributed by atoms with Crippen molar-refractivity contribution in [1.29, 1.82) is 0 Å². The second-order valence-electron chi connectivity index (χ2n) is 6.86. The van der Waals surface area contributed by atoms with E-state index in [1.807, 2.05) is 10.9 Å². The fourth-order valence-corrected chi connectivity index (χ4v) is 3.43. The van der Waals surface area contributed by atoms with Gasteiger partial charge in [0.25, 0.3) is 0 Å². The normalized spacial score (nSPS) is 26.4. The van der Waals surface area contributed by atoms with Crippen molar-refractivity contribution in [3.63, 3.8) is 0 Å². The van der Waals surface area contributed by atoms with E-state index in [0.29, 0.717) is 6.04 Å². The summed E-state index contributed by atoms with van der Waals surface area (Å²) < 4.78 is 1.82. The standard InChI is InChI=1S/C16H30N4O/c1-12(2)15-6-5-13(3)9-16(15)17-10-14-11-20(19-18-14)7-4-8-21/h11-13,15-17,21H,4-10H2,1-3H3. The number of aliphatic hydroxyl groups excluding tert-OH is 1. The van der Waals surface area contributed by atoms with Crippen LogP contribution in [-0.2, 0) is 13.1 Å². The van der Waals surface area contributed by atoms with Crippen molar-refractivity contribution in [3.8, 4) is 0 Å². The summed E-state index contributed by atoms with van der Waals surface area (Å²) in [6, 6.07) is 0.594. The first kappa shape index (κ1) is 16.4. The lowest BCUT2D eigenvalue weighted by Gasteiger charge is -2.37. The van der Waals surface area contributed by atoms with E-state index in [1.54, 1.807) is 0 Å². The molecule has 5 heteroatoms. The maximum Gasteiger partial charge on any atom is 0.0964 e. The Kier molecular flexibility index (Phi) is 6.18. The van der Waals surface area contributed by atoms with Gasteiger partial charge in [-0.25, -0.2) is 0 Å². The van der Waals surface area contributed by atoms with Gasteiger partial charge >= 0.3 is 0 Å². The summed E-state index contributed by atoms with van der Waals surface area (Å²) in [7, 11) is 0. The van der Waals surface area contributed by atoms with E-state index >= 15 is 0 Å². The lowest BCUT2D eigenvalue weighted by atomic mass is 9.74. The van der Waals surface area contributed by atoms with Gasteiger partial charge in [-0.2, -0.15) is 0 Å². The van der Waals surface area contributed by atoms with Gasteiger partial charge in [0.2, 0.25) is 0 Å². The van der Waals surface area contributed by atoms with E-state index in [1.165, 1.54) is 19.3 Å². The zero-order valence-corrected chi connectivity index (χ0v) is 13.6. The van der Waals surface area contributed by atoms with Crippen molar-refractivity contribution in [2.24, 2.45) is 17.8 Å². The molecule has 3 atom stereocenters. The predicted octanol–water partition coefficient (Wildman–Crippen LogP) is 2.21. The minimum absolute atomic E-state index is 0.198. The third-order valence-corrected chi connectivity index (χ3v) is 4.70. The number of aromatic nitrogens is 3. The fraction of sp³-hybridized carbons (Fsp3) is 0.875. The van der Waals surface area contributed by atoms with Crippen LogP contribution < -0.4 is 5.32 Å². The Morgan fingerprint density at radius 1 is 1.43 bits per heavy atom. The van der Waals surface area contributed by atoms with Gasteiger partial charge in [0.1, 0.15) is 0 Å². The van der Waals surface area contributed by atoms with Crippen LogP contribution in [0.1, 0.15) is 52.1 Å². The molecule has 120 valence electrons. The Morgan fingerprint density at radius 2 is 2.24 bits per heavy atom. The van der Waals surface area contributed by atoms with E-state index in [0.717, 1.165) is 43.0 Å². The van der Waals surface area contributed by atoms with Crippen LogP contribution in [0, 0.1) is 17.8 Å². The summed E-state index contributed by atoms with van der Waals surface area (Å²) >= 11 is 0. The first-order chi connectivity index (χ1) is 10.1. The molecule has 0 saturated heterocycles. The van der Waals surface area contributed by atoms with Gasteiger partial charge in [-0.3, -0.25) is 4.68 Å². The number of hydrogen-bond donors (Lipinski definition) is 2. The smallest absolute Gasteiger partial charge is 0.0964 e. The van der Waals surface area contributed by atoms with Gasteiger partial charge in [0.05, 0.1) is 5.69 Å². The van der Waals surface area contributed by atoms with Crippen LogP contribution in [0.4, 0.5) is 0 Å². The number of nitrogens with one attached hydrogen (secondary N) is 1. The third kappa shape index (κ3) is 4.78. The fourth-order valence-electron chi connectivity index (χ4n) is 3.43. The van der Waals surface area contributed by atoms with Gasteiger partial charge in [0, 0.05) is 31.9 Å². The van der Waals surface area contributed by atoms with Crippen molar-refractivity contribution in [2.75, 3.05) is 6.61 Å². The predicted molar refractivity (Wildman–Crippen MR) is 83.7 cm³/mol. The average molecular weight is 294 g/mol. The van der Waals surface area contributed by atoms with E-state index < -0.39 is 0 Å². The molecule has 5 nitrogen and oxygen atoms in total. The summed E-state index contributed by atoms with van der Waals surface area (Å²) in [5.41, 5.74) is 0.994. The third-order valence-electron chi connectivity index (χ3n) is 4.70. The van der Waals surface area contributed by atoms with Crippen LogP contribution in [-0.4, -0.2) is 32.7 Å². The molecule has 3 unspecified atom stereocenters. The summed E-state index contributed by atoms with van der Waals surface area (Å²) in [4.78, 5) is 0. The molecule has 0 bridgehead atoms.